The number of benzene rings is 1. The van der Waals surface area contributed by atoms with E-state index in [0.717, 1.165) is 18.0 Å². The Balaban J connectivity index is 2.48. The van der Waals surface area contributed by atoms with E-state index < -0.39 is 0 Å². The molecular weight excluding hydrogens is 200 g/mol. The summed E-state index contributed by atoms with van der Waals surface area (Å²) in [6.07, 6.45) is 0. The SMILES string of the molecule is COc1cccc2c1NCC(C)N2C(C)C. The van der Waals surface area contributed by atoms with Gasteiger partial charge in [0.25, 0.3) is 0 Å². The van der Waals surface area contributed by atoms with Crippen LogP contribution < -0.4 is 15.0 Å². The number of hydrogen-bond donors (Lipinski definition) is 1. The van der Waals surface area contributed by atoms with E-state index in [4.69, 9.17) is 4.74 Å². The first-order valence-corrected chi connectivity index (χ1v) is 5.84. The summed E-state index contributed by atoms with van der Waals surface area (Å²) in [6, 6.07) is 7.22. The van der Waals surface area contributed by atoms with E-state index in [2.05, 4.69) is 37.1 Å². The molecule has 1 aliphatic heterocycles. The predicted octanol–water partition coefficient (Wildman–Crippen LogP) is 2.72. The summed E-state index contributed by atoms with van der Waals surface area (Å²) in [5.74, 6) is 0.926. The number of hydrogen-bond acceptors (Lipinski definition) is 3. The summed E-state index contributed by atoms with van der Waals surface area (Å²) in [6.45, 7) is 7.66. The molecule has 3 nitrogen and oxygen atoms in total. The second-order valence-corrected chi connectivity index (χ2v) is 4.59. The molecule has 1 aromatic rings. The molecule has 0 saturated heterocycles. The van der Waals surface area contributed by atoms with Gasteiger partial charge in [0, 0.05) is 18.6 Å². The molecule has 1 atom stereocenters. The molecule has 16 heavy (non-hydrogen) atoms. The fourth-order valence-electron chi connectivity index (χ4n) is 2.46. The maximum absolute atomic E-state index is 5.39. The van der Waals surface area contributed by atoms with Crippen molar-refractivity contribution < 1.29 is 4.74 Å². The zero-order valence-electron chi connectivity index (χ0n) is 10.4. The fourth-order valence-corrected chi connectivity index (χ4v) is 2.46. The summed E-state index contributed by atoms with van der Waals surface area (Å²) in [7, 11) is 1.72. The van der Waals surface area contributed by atoms with E-state index in [0.29, 0.717) is 12.1 Å². The van der Waals surface area contributed by atoms with E-state index in [1.807, 2.05) is 12.1 Å². The Kier molecular flexibility index (Phi) is 2.95. The van der Waals surface area contributed by atoms with Gasteiger partial charge in [0.15, 0.2) is 0 Å². The summed E-state index contributed by atoms with van der Waals surface area (Å²) in [5.41, 5.74) is 2.37. The molecule has 3 heteroatoms. The third-order valence-corrected chi connectivity index (χ3v) is 3.11. The van der Waals surface area contributed by atoms with E-state index in [1.165, 1.54) is 5.69 Å². The second-order valence-electron chi connectivity index (χ2n) is 4.59. The number of anilines is 2. The largest absolute Gasteiger partial charge is 0.495 e. The number of fused-ring (bicyclic) bond motifs is 1. The molecule has 0 spiro atoms. The number of para-hydroxylation sites is 1. The lowest BCUT2D eigenvalue weighted by Crippen LogP contribution is -2.46. The Labute approximate surface area is 97.4 Å². The predicted molar refractivity (Wildman–Crippen MR) is 68.6 cm³/mol. The third-order valence-electron chi connectivity index (χ3n) is 3.11. The van der Waals surface area contributed by atoms with Crippen LogP contribution in [0, 0.1) is 0 Å². The van der Waals surface area contributed by atoms with Crippen molar-refractivity contribution in [3.8, 4) is 5.75 Å². The summed E-state index contributed by atoms with van der Waals surface area (Å²) in [5, 5.41) is 3.45. The topological polar surface area (TPSA) is 24.5 Å². The molecule has 0 saturated carbocycles. The van der Waals surface area contributed by atoms with Gasteiger partial charge in [0.2, 0.25) is 0 Å². The van der Waals surface area contributed by atoms with Crippen molar-refractivity contribution in [3.05, 3.63) is 18.2 Å². The van der Waals surface area contributed by atoms with Gasteiger partial charge in [0.05, 0.1) is 12.8 Å². The number of nitrogens with one attached hydrogen (secondary N) is 1. The fraction of sp³-hybridized carbons (Fsp3) is 0.538. The first-order valence-electron chi connectivity index (χ1n) is 5.84. The van der Waals surface area contributed by atoms with Gasteiger partial charge in [-0.15, -0.1) is 0 Å². The maximum Gasteiger partial charge on any atom is 0.144 e. The van der Waals surface area contributed by atoms with E-state index in [1.54, 1.807) is 7.11 Å². The van der Waals surface area contributed by atoms with E-state index in [-0.39, 0.29) is 0 Å². The molecule has 0 aliphatic carbocycles. The van der Waals surface area contributed by atoms with Crippen LogP contribution in [0.1, 0.15) is 20.8 Å². The van der Waals surface area contributed by atoms with E-state index in [9.17, 15) is 0 Å². The first kappa shape index (κ1) is 11.1. The smallest absolute Gasteiger partial charge is 0.144 e. The molecule has 1 heterocycles. The molecule has 0 bridgehead atoms. The summed E-state index contributed by atoms with van der Waals surface area (Å²) < 4.78 is 5.39. The van der Waals surface area contributed by atoms with Gasteiger partial charge in [-0.25, -0.2) is 0 Å². The number of methoxy groups -OCH3 is 1. The molecule has 1 N–H and O–H groups in total. The quantitative estimate of drug-likeness (QED) is 0.829. The lowest BCUT2D eigenvalue weighted by atomic mass is 10.1. The Hall–Kier alpha value is -1.38. The number of rotatable bonds is 2. The molecule has 0 fully saturated rings. The van der Waals surface area contributed by atoms with E-state index >= 15 is 0 Å². The Morgan fingerprint density at radius 2 is 2.19 bits per heavy atom. The minimum atomic E-state index is 0.503. The molecular formula is C13H20N2O. The molecule has 1 aliphatic rings. The zero-order valence-corrected chi connectivity index (χ0v) is 10.4. The monoisotopic (exact) mass is 220 g/mol. The Bertz CT molecular complexity index is 376. The van der Waals surface area contributed by atoms with Crippen LogP contribution in [-0.4, -0.2) is 25.7 Å². The van der Waals surface area contributed by atoms with Crippen LogP contribution in [0.2, 0.25) is 0 Å². The molecule has 0 amide bonds. The molecule has 2 rings (SSSR count). The van der Waals surface area contributed by atoms with Gasteiger partial charge in [-0.1, -0.05) is 6.07 Å². The van der Waals surface area contributed by atoms with Crippen molar-refractivity contribution in [2.45, 2.75) is 32.9 Å². The van der Waals surface area contributed by atoms with Crippen molar-refractivity contribution in [2.24, 2.45) is 0 Å². The molecule has 1 unspecified atom stereocenters. The van der Waals surface area contributed by atoms with Crippen molar-refractivity contribution in [3.63, 3.8) is 0 Å². The maximum atomic E-state index is 5.39. The normalized spacial score (nSPS) is 19.3. The third kappa shape index (κ3) is 1.70. The van der Waals surface area contributed by atoms with Gasteiger partial charge < -0.3 is 15.0 Å². The highest BCUT2D eigenvalue weighted by Crippen LogP contribution is 2.39. The Morgan fingerprint density at radius 3 is 2.81 bits per heavy atom. The lowest BCUT2D eigenvalue weighted by Gasteiger charge is -2.41. The van der Waals surface area contributed by atoms with Crippen LogP contribution in [0.5, 0.6) is 5.75 Å². The molecule has 0 aromatic heterocycles. The summed E-state index contributed by atoms with van der Waals surface area (Å²) >= 11 is 0. The average molecular weight is 220 g/mol. The number of ether oxygens (including phenoxy) is 1. The van der Waals surface area contributed by atoms with Gasteiger partial charge in [-0.3, -0.25) is 0 Å². The number of nitrogens with zero attached hydrogens (tertiary/aromatic N) is 1. The Morgan fingerprint density at radius 1 is 1.44 bits per heavy atom. The second kappa shape index (κ2) is 4.24. The van der Waals surface area contributed by atoms with Crippen molar-refractivity contribution in [1.29, 1.82) is 0 Å². The summed E-state index contributed by atoms with van der Waals surface area (Å²) in [4.78, 5) is 2.44. The molecule has 0 radical (unpaired) electrons. The van der Waals surface area contributed by atoms with Gasteiger partial charge in [-0.05, 0) is 32.9 Å². The van der Waals surface area contributed by atoms with Crippen LogP contribution in [-0.2, 0) is 0 Å². The molecule has 88 valence electrons. The lowest BCUT2D eigenvalue weighted by molar-refractivity contribution is 0.415. The highest BCUT2D eigenvalue weighted by atomic mass is 16.5. The minimum absolute atomic E-state index is 0.503. The zero-order chi connectivity index (χ0) is 11.7. The van der Waals surface area contributed by atoms with Crippen LogP contribution in [0.4, 0.5) is 11.4 Å². The van der Waals surface area contributed by atoms with Crippen LogP contribution in [0.3, 0.4) is 0 Å². The van der Waals surface area contributed by atoms with Crippen molar-refractivity contribution >= 4 is 11.4 Å². The van der Waals surface area contributed by atoms with Crippen molar-refractivity contribution in [1.82, 2.24) is 0 Å². The van der Waals surface area contributed by atoms with Gasteiger partial charge in [0.1, 0.15) is 11.4 Å². The first-order chi connectivity index (χ1) is 7.65. The van der Waals surface area contributed by atoms with Crippen LogP contribution in [0.15, 0.2) is 18.2 Å². The van der Waals surface area contributed by atoms with Gasteiger partial charge >= 0.3 is 0 Å². The average Bonchev–Trinajstić information content (AvgIpc) is 2.27. The standard InChI is InChI=1S/C13H20N2O/c1-9(2)15-10(3)8-14-13-11(15)6-5-7-12(13)16-4/h5-7,9-10,14H,8H2,1-4H3. The highest BCUT2D eigenvalue weighted by molar-refractivity contribution is 5.79. The molecule has 1 aromatic carbocycles. The van der Waals surface area contributed by atoms with Crippen LogP contribution in [0.25, 0.3) is 0 Å². The highest BCUT2D eigenvalue weighted by Gasteiger charge is 2.26. The van der Waals surface area contributed by atoms with Crippen LogP contribution >= 0.6 is 0 Å². The van der Waals surface area contributed by atoms with Crippen molar-refractivity contribution in [2.75, 3.05) is 23.9 Å². The minimum Gasteiger partial charge on any atom is -0.495 e. The van der Waals surface area contributed by atoms with Gasteiger partial charge in [-0.2, -0.15) is 0 Å².